The van der Waals surface area contributed by atoms with Crippen molar-refractivity contribution in [1.82, 2.24) is 10.6 Å². The monoisotopic (exact) mass is 246 g/mol. The van der Waals surface area contributed by atoms with Crippen molar-refractivity contribution < 1.29 is 4.79 Å². The molecule has 1 aromatic carbocycles. The van der Waals surface area contributed by atoms with E-state index in [2.05, 4.69) is 48.7 Å². The van der Waals surface area contributed by atoms with Crippen LogP contribution in [0.2, 0.25) is 0 Å². The molecule has 0 heterocycles. The van der Waals surface area contributed by atoms with Crippen LogP contribution in [-0.2, 0) is 0 Å². The van der Waals surface area contributed by atoms with Crippen LogP contribution in [0.3, 0.4) is 0 Å². The topological polar surface area (TPSA) is 41.1 Å². The summed E-state index contributed by atoms with van der Waals surface area (Å²) in [6, 6.07) is 8.40. The Morgan fingerprint density at radius 3 is 2.56 bits per heavy atom. The maximum absolute atomic E-state index is 11.8. The lowest BCUT2D eigenvalue weighted by atomic mass is 10.0. The second-order valence-corrected chi connectivity index (χ2v) is 5.17. The van der Waals surface area contributed by atoms with E-state index < -0.39 is 0 Å². The van der Waals surface area contributed by atoms with E-state index in [4.69, 9.17) is 0 Å². The van der Waals surface area contributed by atoms with E-state index in [1.807, 2.05) is 0 Å². The van der Waals surface area contributed by atoms with Crippen LogP contribution in [0.25, 0.3) is 0 Å². The molecular weight excluding hydrogens is 224 g/mol. The molecule has 0 aliphatic heterocycles. The minimum absolute atomic E-state index is 0.0469. The molecule has 1 saturated carbocycles. The Morgan fingerprint density at radius 2 is 2.00 bits per heavy atom. The zero-order chi connectivity index (χ0) is 13.0. The molecule has 18 heavy (non-hydrogen) atoms. The number of urea groups is 1. The Hall–Kier alpha value is -1.51. The largest absolute Gasteiger partial charge is 0.338 e. The Bertz CT molecular complexity index is 395. The van der Waals surface area contributed by atoms with Gasteiger partial charge in [-0.2, -0.15) is 0 Å². The van der Waals surface area contributed by atoms with Crippen molar-refractivity contribution in [3.63, 3.8) is 0 Å². The van der Waals surface area contributed by atoms with Gasteiger partial charge in [-0.25, -0.2) is 4.79 Å². The van der Waals surface area contributed by atoms with Crippen molar-refractivity contribution >= 4 is 6.03 Å². The highest BCUT2D eigenvalue weighted by Crippen LogP contribution is 2.27. The Balaban J connectivity index is 1.87. The average molecular weight is 246 g/mol. The van der Waals surface area contributed by atoms with Crippen molar-refractivity contribution in [2.75, 3.05) is 6.54 Å². The van der Waals surface area contributed by atoms with Gasteiger partial charge in [0.25, 0.3) is 0 Å². The van der Waals surface area contributed by atoms with Crippen molar-refractivity contribution in [2.45, 2.75) is 39.2 Å². The molecule has 0 unspecified atom stereocenters. The highest BCUT2D eigenvalue weighted by atomic mass is 16.2. The highest BCUT2D eigenvalue weighted by Gasteiger charge is 2.22. The Labute approximate surface area is 109 Å². The predicted molar refractivity (Wildman–Crippen MR) is 73.5 cm³/mol. The lowest BCUT2D eigenvalue weighted by Crippen LogP contribution is -2.38. The first-order chi connectivity index (χ1) is 8.69. The van der Waals surface area contributed by atoms with Gasteiger partial charge in [0, 0.05) is 6.54 Å². The summed E-state index contributed by atoms with van der Waals surface area (Å²) in [5.41, 5.74) is 2.41. The van der Waals surface area contributed by atoms with Gasteiger partial charge in [0.15, 0.2) is 0 Å². The van der Waals surface area contributed by atoms with E-state index in [9.17, 15) is 4.79 Å². The van der Waals surface area contributed by atoms with Crippen molar-refractivity contribution in [2.24, 2.45) is 5.92 Å². The number of benzene rings is 1. The SMILES string of the molecule is CC[C@@H](NC(=O)NCC1CC1)c1ccc(C)cc1. The van der Waals surface area contributed by atoms with Crippen molar-refractivity contribution in [3.05, 3.63) is 35.4 Å². The molecule has 1 aromatic rings. The number of nitrogens with one attached hydrogen (secondary N) is 2. The zero-order valence-corrected chi connectivity index (χ0v) is 11.2. The second-order valence-electron chi connectivity index (χ2n) is 5.17. The van der Waals surface area contributed by atoms with Gasteiger partial charge in [0.05, 0.1) is 6.04 Å². The number of rotatable bonds is 5. The summed E-state index contributed by atoms with van der Waals surface area (Å²) in [5.74, 6) is 0.718. The van der Waals surface area contributed by atoms with Crippen LogP contribution in [0.1, 0.15) is 43.4 Å². The molecule has 3 nitrogen and oxygen atoms in total. The fraction of sp³-hybridized carbons (Fsp3) is 0.533. The molecule has 1 atom stereocenters. The van der Waals surface area contributed by atoms with E-state index in [1.165, 1.54) is 24.0 Å². The maximum Gasteiger partial charge on any atom is 0.315 e. The number of hydrogen-bond donors (Lipinski definition) is 2. The van der Waals surface area contributed by atoms with Gasteiger partial charge in [-0.3, -0.25) is 0 Å². The first-order valence-electron chi connectivity index (χ1n) is 6.80. The van der Waals surface area contributed by atoms with Crippen LogP contribution in [0.5, 0.6) is 0 Å². The summed E-state index contributed by atoms with van der Waals surface area (Å²) >= 11 is 0. The predicted octanol–water partition coefficient (Wildman–Crippen LogP) is 3.16. The number of hydrogen-bond acceptors (Lipinski definition) is 1. The Morgan fingerprint density at radius 1 is 1.33 bits per heavy atom. The summed E-state index contributed by atoms with van der Waals surface area (Å²) in [4.78, 5) is 11.8. The van der Waals surface area contributed by atoms with Gasteiger partial charge < -0.3 is 10.6 Å². The molecule has 1 fully saturated rings. The van der Waals surface area contributed by atoms with Crippen LogP contribution in [0.4, 0.5) is 4.79 Å². The second kappa shape index (κ2) is 5.89. The third-order valence-corrected chi connectivity index (χ3v) is 3.44. The molecule has 0 radical (unpaired) electrons. The Kier molecular flexibility index (Phi) is 4.24. The van der Waals surface area contributed by atoms with Gasteiger partial charge in [0.2, 0.25) is 0 Å². The summed E-state index contributed by atoms with van der Waals surface area (Å²) in [5, 5.41) is 5.98. The maximum atomic E-state index is 11.8. The number of amides is 2. The minimum atomic E-state index is -0.0469. The molecular formula is C15H22N2O. The van der Waals surface area contributed by atoms with Crippen LogP contribution in [-0.4, -0.2) is 12.6 Å². The number of carbonyl (C=O) groups excluding carboxylic acids is 1. The first kappa shape index (κ1) is 12.9. The molecule has 0 spiro atoms. The summed E-state index contributed by atoms with van der Waals surface area (Å²) in [6.45, 7) is 4.97. The summed E-state index contributed by atoms with van der Waals surface area (Å²) in [6.07, 6.45) is 3.42. The molecule has 0 saturated heterocycles. The van der Waals surface area contributed by atoms with E-state index in [0.717, 1.165) is 18.9 Å². The fourth-order valence-corrected chi connectivity index (χ4v) is 1.99. The van der Waals surface area contributed by atoms with Crippen molar-refractivity contribution in [1.29, 1.82) is 0 Å². The van der Waals surface area contributed by atoms with Gasteiger partial charge in [-0.1, -0.05) is 36.8 Å². The lowest BCUT2D eigenvalue weighted by molar-refractivity contribution is 0.236. The minimum Gasteiger partial charge on any atom is -0.338 e. The quantitative estimate of drug-likeness (QED) is 0.823. The summed E-state index contributed by atoms with van der Waals surface area (Å²) in [7, 11) is 0. The van der Waals surface area contributed by atoms with Crippen molar-refractivity contribution in [3.8, 4) is 0 Å². The summed E-state index contributed by atoms with van der Waals surface area (Å²) < 4.78 is 0. The van der Waals surface area contributed by atoms with E-state index >= 15 is 0 Å². The average Bonchev–Trinajstić information content (AvgIpc) is 3.19. The molecule has 2 rings (SSSR count). The van der Waals surface area contributed by atoms with Gasteiger partial charge >= 0.3 is 6.03 Å². The molecule has 2 amide bonds. The van der Waals surface area contributed by atoms with E-state index in [0.29, 0.717) is 0 Å². The zero-order valence-electron chi connectivity index (χ0n) is 11.2. The lowest BCUT2D eigenvalue weighted by Gasteiger charge is -2.18. The molecule has 2 N–H and O–H groups in total. The van der Waals surface area contributed by atoms with Crippen LogP contribution >= 0.6 is 0 Å². The number of aryl methyl sites for hydroxylation is 1. The fourth-order valence-electron chi connectivity index (χ4n) is 1.99. The molecule has 98 valence electrons. The molecule has 0 aromatic heterocycles. The molecule has 3 heteroatoms. The van der Waals surface area contributed by atoms with Gasteiger partial charge in [0.1, 0.15) is 0 Å². The van der Waals surface area contributed by atoms with E-state index in [-0.39, 0.29) is 12.1 Å². The highest BCUT2D eigenvalue weighted by molar-refractivity contribution is 5.74. The third kappa shape index (κ3) is 3.76. The first-order valence-corrected chi connectivity index (χ1v) is 6.80. The van der Waals surface area contributed by atoms with Gasteiger partial charge in [-0.05, 0) is 37.7 Å². The van der Waals surface area contributed by atoms with Gasteiger partial charge in [-0.15, -0.1) is 0 Å². The normalized spacial score (nSPS) is 16.1. The third-order valence-electron chi connectivity index (χ3n) is 3.44. The van der Waals surface area contributed by atoms with Crippen LogP contribution in [0, 0.1) is 12.8 Å². The molecule has 1 aliphatic rings. The number of carbonyl (C=O) groups is 1. The van der Waals surface area contributed by atoms with E-state index in [1.54, 1.807) is 0 Å². The molecule has 0 bridgehead atoms. The van der Waals surface area contributed by atoms with Crippen LogP contribution < -0.4 is 10.6 Å². The standard InChI is InChI=1S/C15H22N2O/c1-3-14(13-8-4-11(2)5-9-13)17-15(18)16-10-12-6-7-12/h4-5,8-9,12,14H,3,6-7,10H2,1-2H3,(H2,16,17,18)/t14-/m1/s1. The molecule has 1 aliphatic carbocycles. The van der Waals surface area contributed by atoms with Crippen LogP contribution in [0.15, 0.2) is 24.3 Å². The smallest absolute Gasteiger partial charge is 0.315 e.